The summed E-state index contributed by atoms with van der Waals surface area (Å²) in [5.41, 5.74) is 10.9. The maximum Gasteiger partial charge on any atom is 0.303 e. The molecule has 3 aliphatic rings. The van der Waals surface area contributed by atoms with Crippen molar-refractivity contribution < 1.29 is 47.7 Å². The van der Waals surface area contributed by atoms with E-state index in [9.17, 15) is 24.0 Å². The molecule has 2 aromatic carbocycles. The molecule has 2 N–H and O–H groups in total. The van der Waals surface area contributed by atoms with Crippen molar-refractivity contribution in [3.8, 4) is 0 Å². The van der Waals surface area contributed by atoms with E-state index in [0.717, 1.165) is 85.1 Å². The van der Waals surface area contributed by atoms with Crippen LogP contribution in [0.3, 0.4) is 0 Å². The zero-order valence-electron chi connectivity index (χ0n) is 34.9. The fourth-order valence-electron chi connectivity index (χ4n) is 9.07. The monoisotopic (exact) mass is 814 g/mol. The zero-order chi connectivity index (χ0) is 42.3. The smallest absolute Gasteiger partial charge is 0.303 e. The average molecular weight is 815 g/mol. The highest BCUT2D eigenvalue weighted by Gasteiger charge is 2.53. The lowest BCUT2D eigenvalue weighted by atomic mass is 9.72. The SMILES string of the molecule is CC(=O)OC[C@H]1O[C@@H](n2cc(Cc3ccc(/C=C/CCN4CCCC5(CCN(C(=O)CN)CC5)C4)cc3)c3c(C)cccc32)[C@H](OC(C)=O)[C@@H](OC(C)=O)[C@@H]1OC(C)=O. The van der Waals surface area contributed by atoms with Crippen LogP contribution in [0.4, 0.5) is 0 Å². The molecule has 1 amide bonds. The first-order valence-corrected chi connectivity index (χ1v) is 20.6. The van der Waals surface area contributed by atoms with Crippen molar-refractivity contribution in [2.75, 3.05) is 45.9 Å². The van der Waals surface area contributed by atoms with Crippen molar-refractivity contribution in [1.29, 1.82) is 0 Å². The summed E-state index contributed by atoms with van der Waals surface area (Å²) in [6, 6.07) is 14.3. The van der Waals surface area contributed by atoms with Crippen LogP contribution in [-0.2, 0) is 54.1 Å². The number of nitrogens with zero attached hydrogens (tertiary/aromatic N) is 3. The van der Waals surface area contributed by atoms with E-state index in [1.54, 1.807) is 0 Å². The molecule has 3 fully saturated rings. The molecule has 3 aliphatic heterocycles. The number of likely N-dealkylation sites (tertiary alicyclic amines) is 2. The Morgan fingerprint density at radius 3 is 2.19 bits per heavy atom. The van der Waals surface area contributed by atoms with Gasteiger partial charge in [-0.25, -0.2) is 0 Å². The molecular weight excluding hydrogens is 757 g/mol. The number of carbonyl (C=O) groups excluding carboxylic acids is 5. The van der Waals surface area contributed by atoms with Gasteiger partial charge < -0.3 is 43.8 Å². The number of aryl methyl sites for hydroxylation is 1. The third-order valence-corrected chi connectivity index (χ3v) is 11.8. The third-order valence-electron chi connectivity index (χ3n) is 11.8. The van der Waals surface area contributed by atoms with E-state index in [1.165, 1.54) is 40.5 Å². The summed E-state index contributed by atoms with van der Waals surface area (Å²) in [6.45, 7) is 11.5. The van der Waals surface area contributed by atoms with E-state index in [2.05, 4.69) is 41.3 Å². The summed E-state index contributed by atoms with van der Waals surface area (Å²) in [6.07, 6.45) is 6.53. The van der Waals surface area contributed by atoms with Crippen LogP contribution < -0.4 is 5.73 Å². The lowest BCUT2D eigenvalue weighted by Gasteiger charge is -2.47. The summed E-state index contributed by atoms with van der Waals surface area (Å²) in [7, 11) is 0. The summed E-state index contributed by atoms with van der Waals surface area (Å²) in [5.74, 6) is -2.55. The van der Waals surface area contributed by atoms with Crippen LogP contribution in [0.2, 0.25) is 0 Å². The number of ether oxygens (including phenoxy) is 5. The number of carbonyl (C=O) groups is 5. The molecule has 59 heavy (non-hydrogen) atoms. The fraction of sp³-hybridized carbons (Fsp3) is 0.533. The normalized spacial score (nSPS) is 23.3. The largest absolute Gasteiger partial charge is 0.463 e. The maximum atomic E-state index is 12.6. The van der Waals surface area contributed by atoms with Crippen molar-refractivity contribution in [2.24, 2.45) is 11.1 Å². The van der Waals surface area contributed by atoms with Crippen molar-refractivity contribution in [3.63, 3.8) is 0 Å². The molecule has 14 nitrogen and oxygen atoms in total. The van der Waals surface area contributed by atoms with Crippen molar-refractivity contribution in [1.82, 2.24) is 14.4 Å². The first-order valence-electron chi connectivity index (χ1n) is 20.6. The number of amides is 1. The van der Waals surface area contributed by atoms with E-state index in [-0.39, 0.29) is 19.1 Å². The number of hydrogen-bond donors (Lipinski definition) is 1. The Morgan fingerprint density at radius 2 is 1.53 bits per heavy atom. The molecule has 5 atom stereocenters. The van der Waals surface area contributed by atoms with Gasteiger partial charge in [0.15, 0.2) is 24.5 Å². The minimum absolute atomic E-state index is 0.0525. The number of nitrogens with two attached hydrogens (primary N) is 1. The average Bonchev–Trinajstić information content (AvgIpc) is 3.56. The lowest BCUT2D eigenvalue weighted by Crippen LogP contribution is -2.60. The summed E-state index contributed by atoms with van der Waals surface area (Å²) in [4.78, 5) is 65.8. The highest BCUT2D eigenvalue weighted by molar-refractivity contribution is 5.88. The standard InChI is InChI=1S/C45H58N4O10/c1-29-10-8-12-37-40(29)36(26-49(37)44-43(58-33(5)53)42(57-32(4)52)41(56-31(3)51)38(59-44)27-55-30(2)50)24-35-15-13-34(14-16-35)11-6-7-20-47-21-9-17-45(28-47)18-22-48(23-19-45)39(54)25-46/h6,8,10-16,26,38,41-44H,7,9,17-25,27-28,46H2,1-5H3/b11-6+/t38-,41-,42+,43-,44-/m1/s1. The molecule has 318 valence electrons. The molecule has 1 spiro atoms. The molecule has 1 aromatic heterocycles. The van der Waals surface area contributed by atoms with Crippen molar-refractivity contribution in [3.05, 3.63) is 77.0 Å². The molecule has 3 saturated heterocycles. The quantitative estimate of drug-likeness (QED) is 0.184. The van der Waals surface area contributed by atoms with E-state index in [0.29, 0.717) is 11.8 Å². The zero-order valence-corrected chi connectivity index (χ0v) is 34.9. The number of rotatable bonds is 13. The summed E-state index contributed by atoms with van der Waals surface area (Å²) in [5, 5.41) is 0.985. The first-order chi connectivity index (χ1) is 28.3. The fourth-order valence-corrected chi connectivity index (χ4v) is 9.07. The van der Waals surface area contributed by atoms with Crippen LogP contribution >= 0.6 is 0 Å². The number of benzene rings is 2. The number of esters is 4. The summed E-state index contributed by atoms with van der Waals surface area (Å²) < 4.78 is 30.8. The first kappa shape index (κ1) is 43.5. The molecule has 0 saturated carbocycles. The van der Waals surface area contributed by atoms with Crippen molar-refractivity contribution in [2.45, 2.75) is 104 Å². The van der Waals surface area contributed by atoms with Crippen LogP contribution in [0.25, 0.3) is 17.0 Å². The van der Waals surface area contributed by atoms with E-state index in [1.807, 2.05) is 40.8 Å². The van der Waals surface area contributed by atoms with Gasteiger partial charge in [-0.2, -0.15) is 0 Å². The van der Waals surface area contributed by atoms with Gasteiger partial charge >= 0.3 is 23.9 Å². The Morgan fingerprint density at radius 1 is 0.847 bits per heavy atom. The predicted octanol–water partition coefficient (Wildman–Crippen LogP) is 4.86. The van der Waals surface area contributed by atoms with Crippen LogP contribution in [0.1, 0.15) is 88.3 Å². The topological polar surface area (TPSA) is 169 Å². The maximum absolute atomic E-state index is 12.6. The minimum atomic E-state index is -1.28. The minimum Gasteiger partial charge on any atom is -0.463 e. The molecule has 6 rings (SSSR count). The van der Waals surface area contributed by atoms with Gasteiger partial charge in [0.1, 0.15) is 12.7 Å². The van der Waals surface area contributed by atoms with Crippen LogP contribution in [0.5, 0.6) is 0 Å². The van der Waals surface area contributed by atoms with Gasteiger partial charge in [0.05, 0.1) is 12.1 Å². The van der Waals surface area contributed by atoms with Gasteiger partial charge in [-0.3, -0.25) is 24.0 Å². The lowest BCUT2D eigenvalue weighted by molar-refractivity contribution is -0.267. The highest BCUT2D eigenvalue weighted by Crippen LogP contribution is 2.41. The Labute approximate surface area is 345 Å². The molecule has 3 aromatic rings. The molecule has 4 heterocycles. The molecule has 0 bridgehead atoms. The second-order valence-electron chi connectivity index (χ2n) is 16.2. The van der Waals surface area contributed by atoms with Gasteiger partial charge in [-0.15, -0.1) is 0 Å². The van der Waals surface area contributed by atoms with Gasteiger partial charge in [-0.05, 0) is 85.7 Å². The van der Waals surface area contributed by atoms with Gasteiger partial charge in [0.25, 0.3) is 0 Å². The van der Waals surface area contributed by atoms with Gasteiger partial charge in [0, 0.05) is 65.5 Å². The summed E-state index contributed by atoms with van der Waals surface area (Å²) >= 11 is 0. The molecule has 0 radical (unpaired) electrons. The molecular formula is C45H58N4O10. The Bertz CT molecular complexity index is 2020. The number of fused-ring (bicyclic) bond motifs is 1. The molecule has 14 heteroatoms. The Balaban J connectivity index is 1.18. The van der Waals surface area contributed by atoms with Crippen LogP contribution in [0, 0.1) is 12.3 Å². The highest BCUT2D eigenvalue weighted by atomic mass is 16.7. The van der Waals surface area contributed by atoms with Crippen LogP contribution in [0.15, 0.2) is 54.7 Å². The Hall–Kier alpha value is -5.05. The number of aromatic nitrogens is 1. The van der Waals surface area contributed by atoms with E-state index in [4.69, 9.17) is 29.4 Å². The predicted molar refractivity (Wildman–Crippen MR) is 220 cm³/mol. The second-order valence-corrected chi connectivity index (χ2v) is 16.2. The third kappa shape index (κ3) is 10.8. The van der Waals surface area contributed by atoms with Crippen LogP contribution in [-0.4, -0.2) is 114 Å². The Kier molecular flexibility index (Phi) is 14.3. The molecule has 0 unspecified atom stereocenters. The van der Waals surface area contributed by atoms with Gasteiger partial charge in [-0.1, -0.05) is 48.6 Å². The van der Waals surface area contributed by atoms with Gasteiger partial charge in [0.2, 0.25) is 5.91 Å². The number of hydrogen-bond acceptors (Lipinski definition) is 12. The van der Waals surface area contributed by atoms with Crippen molar-refractivity contribution >= 4 is 46.8 Å². The molecule has 0 aliphatic carbocycles. The second kappa shape index (κ2) is 19.3. The van der Waals surface area contributed by atoms with E-state index < -0.39 is 54.5 Å². The number of piperidine rings is 2. The van der Waals surface area contributed by atoms with E-state index >= 15 is 0 Å².